The minimum Gasteiger partial charge on any atom is -0.462 e. The number of unbranched alkanes of at least 4 members (excludes halogenated alkanes) is 34. The van der Waals surface area contributed by atoms with Gasteiger partial charge in [0.25, 0.3) is 0 Å². The van der Waals surface area contributed by atoms with Gasteiger partial charge in [-0.2, -0.15) is 0 Å². The predicted octanol–water partition coefficient (Wildman–Crippen LogP) is 16.7. The van der Waals surface area contributed by atoms with Crippen LogP contribution in [0.15, 0.2) is 0 Å². The summed E-state index contributed by atoms with van der Waals surface area (Å²) in [6.45, 7) is 9.03. The highest BCUT2D eigenvalue weighted by molar-refractivity contribution is 5.71. The summed E-state index contributed by atoms with van der Waals surface area (Å²) in [7, 11) is 0. The molecule has 0 aliphatic carbocycles. The van der Waals surface area contributed by atoms with Crippen molar-refractivity contribution in [3.63, 3.8) is 0 Å². The van der Waals surface area contributed by atoms with Gasteiger partial charge in [-0.25, -0.2) is 0 Å². The normalized spacial score (nSPS) is 11.9. The zero-order chi connectivity index (χ0) is 42.4. The average Bonchev–Trinajstić information content (AvgIpc) is 3.21. The van der Waals surface area contributed by atoms with E-state index in [0.29, 0.717) is 19.3 Å². The second-order valence-corrected chi connectivity index (χ2v) is 18.3. The van der Waals surface area contributed by atoms with Crippen molar-refractivity contribution in [2.75, 3.05) is 13.2 Å². The molecule has 0 aliphatic rings. The van der Waals surface area contributed by atoms with Crippen LogP contribution in [0, 0.1) is 5.92 Å². The summed E-state index contributed by atoms with van der Waals surface area (Å²) in [6.07, 6.45) is 48.0. The third-order valence-electron chi connectivity index (χ3n) is 11.8. The predicted molar refractivity (Wildman–Crippen MR) is 247 cm³/mol. The number of carbonyl (C=O) groups is 3. The lowest BCUT2D eigenvalue weighted by Crippen LogP contribution is -2.30. The summed E-state index contributed by atoms with van der Waals surface area (Å²) >= 11 is 0. The zero-order valence-corrected chi connectivity index (χ0v) is 39.5. The number of esters is 3. The molecule has 0 aromatic rings. The molecule has 0 N–H and O–H groups in total. The van der Waals surface area contributed by atoms with E-state index in [9.17, 15) is 14.4 Å². The van der Waals surface area contributed by atoms with Crippen LogP contribution in [0.2, 0.25) is 0 Å². The smallest absolute Gasteiger partial charge is 0.306 e. The molecule has 344 valence electrons. The van der Waals surface area contributed by atoms with Gasteiger partial charge in [-0.1, -0.05) is 252 Å². The first-order valence-electron chi connectivity index (χ1n) is 25.9. The summed E-state index contributed by atoms with van der Waals surface area (Å²) in [5, 5.41) is 0. The van der Waals surface area contributed by atoms with Crippen molar-refractivity contribution >= 4 is 17.9 Å². The molecule has 0 aliphatic heterocycles. The van der Waals surface area contributed by atoms with Gasteiger partial charge in [-0.05, 0) is 25.2 Å². The van der Waals surface area contributed by atoms with Crippen molar-refractivity contribution in [1.29, 1.82) is 0 Å². The molecule has 0 unspecified atom stereocenters. The molecule has 0 aromatic heterocycles. The topological polar surface area (TPSA) is 78.9 Å². The molecule has 58 heavy (non-hydrogen) atoms. The molecule has 0 saturated heterocycles. The average molecular weight is 821 g/mol. The standard InChI is InChI=1S/C52H100O6/c1-5-7-9-11-13-15-17-24-29-33-37-41-45-52(55)58-49(46-56-50(53)43-39-35-31-27-22-16-14-12-10-8-6-2)47-57-51(54)44-40-36-32-28-25-21-19-18-20-23-26-30-34-38-42-48(3)4/h48-49H,5-47H2,1-4H3/t49-/m1/s1. The van der Waals surface area contributed by atoms with Crippen molar-refractivity contribution in [2.45, 2.75) is 297 Å². The summed E-state index contributed by atoms with van der Waals surface area (Å²) in [5.74, 6) is 0.0000843. The maximum Gasteiger partial charge on any atom is 0.306 e. The van der Waals surface area contributed by atoms with Gasteiger partial charge in [0.05, 0.1) is 0 Å². The molecule has 0 bridgehead atoms. The molecule has 6 heteroatoms. The maximum atomic E-state index is 12.8. The van der Waals surface area contributed by atoms with Gasteiger partial charge in [-0.3, -0.25) is 14.4 Å². The highest BCUT2D eigenvalue weighted by Crippen LogP contribution is 2.17. The van der Waals surface area contributed by atoms with Gasteiger partial charge < -0.3 is 14.2 Å². The Morgan fingerprint density at radius 1 is 0.328 bits per heavy atom. The van der Waals surface area contributed by atoms with Crippen LogP contribution < -0.4 is 0 Å². The van der Waals surface area contributed by atoms with Crippen molar-refractivity contribution < 1.29 is 28.6 Å². The van der Waals surface area contributed by atoms with E-state index in [2.05, 4.69) is 27.7 Å². The fourth-order valence-electron chi connectivity index (χ4n) is 7.86. The molecule has 0 fully saturated rings. The lowest BCUT2D eigenvalue weighted by atomic mass is 10.0. The fraction of sp³-hybridized carbons (Fsp3) is 0.942. The second kappa shape index (κ2) is 46.5. The zero-order valence-electron chi connectivity index (χ0n) is 39.5. The Labute approximate surface area is 361 Å². The van der Waals surface area contributed by atoms with E-state index in [1.165, 1.54) is 186 Å². The third kappa shape index (κ3) is 45.5. The van der Waals surface area contributed by atoms with E-state index in [1.54, 1.807) is 0 Å². The second-order valence-electron chi connectivity index (χ2n) is 18.3. The molecule has 1 atom stereocenters. The third-order valence-corrected chi connectivity index (χ3v) is 11.8. The number of ether oxygens (including phenoxy) is 3. The lowest BCUT2D eigenvalue weighted by molar-refractivity contribution is -0.167. The quantitative estimate of drug-likeness (QED) is 0.0346. The van der Waals surface area contributed by atoms with Gasteiger partial charge in [-0.15, -0.1) is 0 Å². The molecule has 0 radical (unpaired) electrons. The SMILES string of the molecule is CCCCCCCCCCCCCCC(=O)O[C@H](COC(=O)CCCCCCCCCCCCC)COC(=O)CCCCCCCCCCCCCCCCC(C)C. The molecule has 0 spiro atoms. The first-order valence-corrected chi connectivity index (χ1v) is 25.9. The van der Waals surface area contributed by atoms with Gasteiger partial charge in [0.1, 0.15) is 13.2 Å². The van der Waals surface area contributed by atoms with Crippen molar-refractivity contribution in [2.24, 2.45) is 5.92 Å². The molecule has 0 saturated carbocycles. The van der Waals surface area contributed by atoms with Crippen LogP contribution in [0.4, 0.5) is 0 Å². The summed E-state index contributed by atoms with van der Waals surface area (Å²) in [5.41, 5.74) is 0. The van der Waals surface area contributed by atoms with E-state index in [0.717, 1.165) is 63.7 Å². The monoisotopic (exact) mass is 821 g/mol. The van der Waals surface area contributed by atoms with Crippen LogP contribution in [0.1, 0.15) is 291 Å². The Bertz CT molecular complexity index is 872. The molecule has 0 aromatic carbocycles. The first kappa shape index (κ1) is 56.4. The first-order chi connectivity index (χ1) is 28.4. The van der Waals surface area contributed by atoms with E-state index < -0.39 is 6.10 Å². The van der Waals surface area contributed by atoms with E-state index in [-0.39, 0.29) is 31.1 Å². The van der Waals surface area contributed by atoms with Crippen molar-refractivity contribution in [1.82, 2.24) is 0 Å². The van der Waals surface area contributed by atoms with Crippen LogP contribution in [-0.2, 0) is 28.6 Å². The molecular formula is C52H100O6. The summed E-state index contributed by atoms with van der Waals surface area (Å²) in [4.78, 5) is 37.9. The summed E-state index contributed by atoms with van der Waals surface area (Å²) in [6, 6.07) is 0. The molecule has 0 heterocycles. The fourth-order valence-corrected chi connectivity index (χ4v) is 7.86. The van der Waals surface area contributed by atoms with Gasteiger partial charge in [0, 0.05) is 19.3 Å². The van der Waals surface area contributed by atoms with Crippen molar-refractivity contribution in [3.8, 4) is 0 Å². The highest BCUT2D eigenvalue weighted by atomic mass is 16.6. The Kier molecular flexibility index (Phi) is 45.2. The van der Waals surface area contributed by atoms with Crippen LogP contribution in [-0.4, -0.2) is 37.2 Å². The Morgan fingerprint density at radius 3 is 0.845 bits per heavy atom. The van der Waals surface area contributed by atoms with E-state index >= 15 is 0 Å². The van der Waals surface area contributed by atoms with E-state index in [4.69, 9.17) is 14.2 Å². The molecular weight excluding hydrogens is 721 g/mol. The van der Waals surface area contributed by atoms with Crippen LogP contribution >= 0.6 is 0 Å². The number of hydrogen-bond donors (Lipinski definition) is 0. The largest absolute Gasteiger partial charge is 0.462 e. The minimum absolute atomic E-state index is 0.0626. The van der Waals surface area contributed by atoms with Crippen LogP contribution in [0.25, 0.3) is 0 Å². The Balaban J connectivity index is 4.27. The number of rotatable bonds is 47. The summed E-state index contributed by atoms with van der Waals surface area (Å²) < 4.78 is 16.8. The molecule has 0 rings (SSSR count). The van der Waals surface area contributed by atoms with E-state index in [1.807, 2.05) is 0 Å². The Hall–Kier alpha value is -1.59. The molecule has 0 amide bonds. The number of hydrogen-bond acceptors (Lipinski definition) is 6. The number of carbonyl (C=O) groups excluding carboxylic acids is 3. The van der Waals surface area contributed by atoms with Gasteiger partial charge in [0.2, 0.25) is 0 Å². The Morgan fingerprint density at radius 2 is 0.569 bits per heavy atom. The van der Waals surface area contributed by atoms with Crippen molar-refractivity contribution in [3.05, 3.63) is 0 Å². The minimum atomic E-state index is -0.759. The molecule has 6 nitrogen and oxygen atoms in total. The van der Waals surface area contributed by atoms with Gasteiger partial charge in [0.15, 0.2) is 6.10 Å². The maximum absolute atomic E-state index is 12.8. The lowest BCUT2D eigenvalue weighted by Gasteiger charge is -2.18. The van der Waals surface area contributed by atoms with Crippen LogP contribution in [0.5, 0.6) is 0 Å². The highest BCUT2D eigenvalue weighted by Gasteiger charge is 2.19. The van der Waals surface area contributed by atoms with Crippen LogP contribution in [0.3, 0.4) is 0 Å². The van der Waals surface area contributed by atoms with Gasteiger partial charge >= 0.3 is 17.9 Å².